The highest BCUT2D eigenvalue weighted by Gasteiger charge is 2.23. The molecule has 0 spiro atoms. The Bertz CT molecular complexity index is 535. The first kappa shape index (κ1) is 15.5. The Labute approximate surface area is 126 Å². The van der Waals surface area contributed by atoms with E-state index in [0.717, 1.165) is 24.4 Å². The average molecular weight is 285 g/mol. The van der Waals surface area contributed by atoms with E-state index in [4.69, 9.17) is 4.74 Å². The van der Waals surface area contributed by atoms with Crippen LogP contribution in [-0.4, -0.2) is 18.3 Å². The van der Waals surface area contributed by atoms with Crippen molar-refractivity contribution in [3.8, 4) is 5.75 Å². The lowest BCUT2D eigenvalue weighted by Gasteiger charge is -2.24. The Morgan fingerprint density at radius 2 is 1.71 bits per heavy atom. The van der Waals surface area contributed by atoms with Crippen molar-refractivity contribution in [2.24, 2.45) is 0 Å². The van der Waals surface area contributed by atoms with Crippen LogP contribution in [0.3, 0.4) is 0 Å². The molecule has 2 N–H and O–H groups in total. The molecule has 2 aromatic rings. The maximum Gasteiger partial charge on any atom is 0.121 e. The van der Waals surface area contributed by atoms with Gasteiger partial charge in [-0.1, -0.05) is 49.4 Å². The molecule has 3 nitrogen and oxygen atoms in total. The molecule has 0 aliphatic carbocycles. The van der Waals surface area contributed by atoms with Gasteiger partial charge in [-0.05, 0) is 36.7 Å². The Morgan fingerprint density at radius 1 is 1.05 bits per heavy atom. The lowest BCUT2D eigenvalue weighted by Crippen LogP contribution is -2.29. The van der Waals surface area contributed by atoms with Gasteiger partial charge in [-0.15, -0.1) is 0 Å². The highest BCUT2D eigenvalue weighted by molar-refractivity contribution is 5.28. The van der Waals surface area contributed by atoms with Crippen molar-refractivity contribution in [1.82, 2.24) is 5.32 Å². The topological polar surface area (TPSA) is 41.5 Å². The molecule has 1 unspecified atom stereocenters. The first-order valence-corrected chi connectivity index (χ1v) is 7.32. The van der Waals surface area contributed by atoms with E-state index in [9.17, 15) is 5.11 Å². The van der Waals surface area contributed by atoms with Gasteiger partial charge in [0.2, 0.25) is 0 Å². The summed E-state index contributed by atoms with van der Waals surface area (Å²) in [4.78, 5) is 0. The molecule has 1 atom stereocenters. The van der Waals surface area contributed by atoms with Crippen LogP contribution in [0.1, 0.15) is 25.0 Å². The van der Waals surface area contributed by atoms with Crippen LogP contribution in [0.25, 0.3) is 0 Å². The van der Waals surface area contributed by atoms with Crippen molar-refractivity contribution in [3.63, 3.8) is 0 Å². The summed E-state index contributed by atoms with van der Waals surface area (Å²) in [5.41, 5.74) is 1.08. The van der Waals surface area contributed by atoms with E-state index >= 15 is 0 Å². The first-order chi connectivity index (χ1) is 10.1. The largest absolute Gasteiger partial charge is 0.490 e. The summed E-state index contributed by atoms with van der Waals surface area (Å²) >= 11 is 0. The zero-order valence-electron chi connectivity index (χ0n) is 12.7. The maximum atomic E-state index is 10.5. The van der Waals surface area contributed by atoms with E-state index in [1.807, 2.05) is 54.6 Å². The summed E-state index contributed by atoms with van der Waals surface area (Å²) in [6.45, 7) is 5.89. The van der Waals surface area contributed by atoms with Crippen LogP contribution in [0.2, 0.25) is 0 Å². The second kappa shape index (κ2) is 7.25. The summed E-state index contributed by atoms with van der Waals surface area (Å²) in [7, 11) is 0. The molecule has 21 heavy (non-hydrogen) atoms. The molecule has 0 radical (unpaired) electrons. The molecule has 0 fully saturated rings. The van der Waals surface area contributed by atoms with Crippen LogP contribution in [0.4, 0.5) is 0 Å². The van der Waals surface area contributed by atoms with Crippen LogP contribution < -0.4 is 10.1 Å². The third-order valence-corrected chi connectivity index (χ3v) is 3.42. The van der Waals surface area contributed by atoms with E-state index in [-0.39, 0.29) is 6.61 Å². The molecule has 2 rings (SSSR count). The number of hydrogen-bond donors (Lipinski definition) is 2. The van der Waals surface area contributed by atoms with Crippen molar-refractivity contribution < 1.29 is 9.84 Å². The molecule has 0 amide bonds. The predicted octanol–water partition coefficient (Wildman–Crippen LogP) is 3.08. The standard InChI is InChI=1S/C18H23NO2/c1-3-19-13-15-9-11-17(12-10-15)21-14-18(2,20)16-7-5-4-6-8-16/h4-12,19-20H,3,13-14H2,1-2H3. The Hall–Kier alpha value is -1.84. The third kappa shape index (κ3) is 4.59. The van der Waals surface area contributed by atoms with Crippen LogP contribution >= 0.6 is 0 Å². The smallest absolute Gasteiger partial charge is 0.121 e. The van der Waals surface area contributed by atoms with Gasteiger partial charge in [-0.25, -0.2) is 0 Å². The van der Waals surface area contributed by atoms with Crippen LogP contribution in [0.15, 0.2) is 54.6 Å². The van der Waals surface area contributed by atoms with Crippen LogP contribution in [0.5, 0.6) is 5.75 Å². The quantitative estimate of drug-likeness (QED) is 0.821. The molecule has 3 heteroatoms. The lowest BCUT2D eigenvalue weighted by atomic mass is 9.97. The monoisotopic (exact) mass is 285 g/mol. The summed E-state index contributed by atoms with van der Waals surface area (Å²) < 4.78 is 5.71. The van der Waals surface area contributed by atoms with Crippen molar-refractivity contribution in [3.05, 3.63) is 65.7 Å². The fourth-order valence-corrected chi connectivity index (χ4v) is 2.08. The van der Waals surface area contributed by atoms with Crippen molar-refractivity contribution in [2.45, 2.75) is 26.0 Å². The molecule has 0 aliphatic rings. The summed E-state index contributed by atoms with van der Waals surface area (Å²) in [5.74, 6) is 0.770. The molecular weight excluding hydrogens is 262 g/mol. The average Bonchev–Trinajstić information content (AvgIpc) is 2.53. The Morgan fingerprint density at radius 3 is 2.33 bits per heavy atom. The SMILES string of the molecule is CCNCc1ccc(OCC(C)(O)c2ccccc2)cc1. The van der Waals surface area contributed by atoms with E-state index in [1.54, 1.807) is 6.92 Å². The molecule has 0 bridgehead atoms. The summed E-state index contributed by atoms with van der Waals surface area (Å²) in [6.07, 6.45) is 0. The summed E-state index contributed by atoms with van der Waals surface area (Å²) in [6, 6.07) is 17.5. The van der Waals surface area contributed by atoms with Gasteiger partial charge in [-0.2, -0.15) is 0 Å². The Kier molecular flexibility index (Phi) is 5.37. The van der Waals surface area contributed by atoms with Gasteiger partial charge < -0.3 is 15.2 Å². The summed E-state index contributed by atoms with van der Waals surface area (Å²) in [5, 5.41) is 13.8. The molecule has 2 aromatic carbocycles. The highest BCUT2D eigenvalue weighted by Crippen LogP contribution is 2.22. The predicted molar refractivity (Wildman–Crippen MR) is 85.3 cm³/mol. The Balaban J connectivity index is 1.93. The minimum Gasteiger partial charge on any atom is -0.490 e. The number of benzene rings is 2. The molecule has 0 aliphatic heterocycles. The van der Waals surface area contributed by atoms with Crippen molar-refractivity contribution in [2.75, 3.05) is 13.2 Å². The van der Waals surface area contributed by atoms with Crippen LogP contribution in [0, 0.1) is 0 Å². The second-order valence-electron chi connectivity index (χ2n) is 5.35. The van der Waals surface area contributed by atoms with Gasteiger partial charge in [-0.3, -0.25) is 0 Å². The minimum atomic E-state index is -0.996. The van der Waals surface area contributed by atoms with Gasteiger partial charge in [0.05, 0.1) is 0 Å². The van der Waals surface area contributed by atoms with Crippen LogP contribution in [-0.2, 0) is 12.1 Å². The molecule has 0 aromatic heterocycles. The molecule has 0 heterocycles. The minimum absolute atomic E-state index is 0.226. The molecule has 112 valence electrons. The fraction of sp³-hybridized carbons (Fsp3) is 0.333. The van der Waals surface area contributed by atoms with E-state index in [1.165, 1.54) is 5.56 Å². The first-order valence-electron chi connectivity index (χ1n) is 7.32. The van der Waals surface area contributed by atoms with Gasteiger partial charge in [0.15, 0.2) is 0 Å². The molecular formula is C18H23NO2. The van der Waals surface area contributed by atoms with E-state index in [0.29, 0.717) is 0 Å². The maximum absolute atomic E-state index is 10.5. The van der Waals surface area contributed by atoms with Gasteiger partial charge in [0.1, 0.15) is 18.0 Å². The highest BCUT2D eigenvalue weighted by atomic mass is 16.5. The number of hydrogen-bond acceptors (Lipinski definition) is 3. The number of aliphatic hydroxyl groups is 1. The normalized spacial score (nSPS) is 13.7. The van der Waals surface area contributed by atoms with E-state index in [2.05, 4.69) is 12.2 Å². The lowest BCUT2D eigenvalue weighted by molar-refractivity contribution is 0.00759. The second-order valence-corrected chi connectivity index (χ2v) is 5.35. The van der Waals surface area contributed by atoms with Gasteiger partial charge >= 0.3 is 0 Å². The number of nitrogens with one attached hydrogen (secondary N) is 1. The fourth-order valence-electron chi connectivity index (χ4n) is 2.08. The van der Waals surface area contributed by atoms with Crippen molar-refractivity contribution in [1.29, 1.82) is 0 Å². The number of ether oxygens (including phenoxy) is 1. The zero-order chi connectivity index (χ0) is 15.1. The van der Waals surface area contributed by atoms with Crippen molar-refractivity contribution >= 4 is 0 Å². The van der Waals surface area contributed by atoms with E-state index < -0.39 is 5.60 Å². The van der Waals surface area contributed by atoms with Gasteiger partial charge in [0.25, 0.3) is 0 Å². The third-order valence-electron chi connectivity index (χ3n) is 3.42. The number of rotatable bonds is 7. The molecule has 0 saturated heterocycles. The van der Waals surface area contributed by atoms with Gasteiger partial charge in [0, 0.05) is 6.54 Å². The molecule has 0 saturated carbocycles. The zero-order valence-corrected chi connectivity index (χ0v) is 12.7.